The molecule has 21 heavy (non-hydrogen) atoms. The summed E-state index contributed by atoms with van der Waals surface area (Å²) in [6.07, 6.45) is 3.60. The average Bonchev–Trinajstić information content (AvgIpc) is 2.32. The van der Waals surface area contributed by atoms with Gasteiger partial charge in [-0.25, -0.2) is 9.18 Å². The van der Waals surface area contributed by atoms with Crippen LogP contribution in [0.5, 0.6) is 0 Å². The number of amides is 1. The standard InChI is InChI=1S/C16H21ClFNO2/c1-11-9-12(14(18)10-13(11)17)7-5-6-8-19-15(20)21-16(2,3)4/h5,7,9-10H,6,8H2,1-4H3,(H,19,20). The van der Waals surface area contributed by atoms with Gasteiger partial charge in [-0.15, -0.1) is 0 Å². The quantitative estimate of drug-likeness (QED) is 0.817. The molecule has 1 amide bonds. The minimum Gasteiger partial charge on any atom is -0.444 e. The number of carbonyl (C=O) groups excluding carboxylic acids is 1. The summed E-state index contributed by atoms with van der Waals surface area (Å²) in [7, 11) is 0. The molecule has 116 valence electrons. The van der Waals surface area contributed by atoms with Crippen molar-refractivity contribution >= 4 is 23.8 Å². The smallest absolute Gasteiger partial charge is 0.407 e. The highest BCUT2D eigenvalue weighted by Gasteiger charge is 2.15. The van der Waals surface area contributed by atoms with Gasteiger partial charge >= 0.3 is 6.09 Å². The van der Waals surface area contributed by atoms with Gasteiger partial charge in [0.25, 0.3) is 0 Å². The highest BCUT2D eigenvalue weighted by atomic mass is 35.5. The first kappa shape index (κ1) is 17.5. The van der Waals surface area contributed by atoms with Crippen LogP contribution >= 0.6 is 11.6 Å². The molecule has 0 bridgehead atoms. The van der Waals surface area contributed by atoms with E-state index in [4.69, 9.17) is 16.3 Å². The highest BCUT2D eigenvalue weighted by molar-refractivity contribution is 6.31. The van der Waals surface area contributed by atoms with E-state index in [0.29, 0.717) is 23.6 Å². The predicted octanol–water partition coefficient (Wildman–Crippen LogP) is 4.72. The normalized spacial score (nSPS) is 11.7. The van der Waals surface area contributed by atoms with E-state index in [9.17, 15) is 9.18 Å². The highest BCUT2D eigenvalue weighted by Crippen LogP contribution is 2.20. The lowest BCUT2D eigenvalue weighted by Gasteiger charge is -2.19. The Bertz CT molecular complexity index is 536. The molecule has 0 aliphatic rings. The zero-order valence-electron chi connectivity index (χ0n) is 12.8. The molecule has 1 aromatic rings. The topological polar surface area (TPSA) is 38.3 Å². The number of ether oxygens (including phenoxy) is 1. The number of hydrogen-bond acceptors (Lipinski definition) is 2. The molecule has 0 heterocycles. The van der Waals surface area contributed by atoms with Gasteiger partial charge in [0.1, 0.15) is 11.4 Å². The zero-order valence-corrected chi connectivity index (χ0v) is 13.6. The van der Waals surface area contributed by atoms with Crippen molar-refractivity contribution in [1.29, 1.82) is 0 Å². The summed E-state index contributed by atoms with van der Waals surface area (Å²) >= 11 is 5.83. The SMILES string of the molecule is Cc1cc(C=CCCNC(=O)OC(C)(C)C)c(F)cc1Cl. The van der Waals surface area contributed by atoms with Crippen molar-refractivity contribution in [1.82, 2.24) is 5.32 Å². The average molecular weight is 314 g/mol. The lowest BCUT2D eigenvalue weighted by atomic mass is 10.1. The van der Waals surface area contributed by atoms with Gasteiger partial charge in [0.05, 0.1) is 0 Å². The summed E-state index contributed by atoms with van der Waals surface area (Å²) in [6.45, 7) is 7.66. The monoisotopic (exact) mass is 313 g/mol. The van der Waals surface area contributed by atoms with E-state index in [-0.39, 0.29) is 5.82 Å². The summed E-state index contributed by atoms with van der Waals surface area (Å²) in [4.78, 5) is 11.4. The van der Waals surface area contributed by atoms with Gasteiger partial charge in [-0.3, -0.25) is 0 Å². The van der Waals surface area contributed by atoms with Gasteiger partial charge in [0.15, 0.2) is 0 Å². The number of halogens is 2. The van der Waals surface area contributed by atoms with Crippen LogP contribution in [0, 0.1) is 12.7 Å². The first-order valence-electron chi connectivity index (χ1n) is 6.78. The summed E-state index contributed by atoms with van der Waals surface area (Å²) in [5, 5.41) is 3.05. The molecule has 5 heteroatoms. The molecule has 1 aromatic carbocycles. The fourth-order valence-corrected chi connectivity index (χ4v) is 1.74. The van der Waals surface area contributed by atoms with Crippen LogP contribution in [-0.2, 0) is 4.74 Å². The third-order valence-corrected chi connectivity index (χ3v) is 2.96. The Labute approximate surface area is 130 Å². The molecule has 0 saturated heterocycles. The van der Waals surface area contributed by atoms with Crippen LogP contribution in [0.25, 0.3) is 6.08 Å². The molecule has 0 aromatic heterocycles. The molecular weight excluding hydrogens is 293 g/mol. The van der Waals surface area contributed by atoms with Crippen LogP contribution in [0.2, 0.25) is 5.02 Å². The van der Waals surface area contributed by atoms with Gasteiger partial charge < -0.3 is 10.1 Å². The number of nitrogens with one attached hydrogen (secondary N) is 1. The Kier molecular flexibility index (Phi) is 6.21. The van der Waals surface area contributed by atoms with Gasteiger partial charge in [-0.2, -0.15) is 0 Å². The third kappa shape index (κ3) is 6.63. The second-order valence-corrected chi connectivity index (χ2v) is 6.15. The van der Waals surface area contributed by atoms with E-state index in [1.165, 1.54) is 6.07 Å². The molecule has 0 saturated carbocycles. The minimum absolute atomic E-state index is 0.359. The van der Waals surface area contributed by atoms with E-state index < -0.39 is 11.7 Å². The number of alkyl carbamates (subject to hydrolysis) is 1. The fraction of sp³-hybridized carbons (Fsp3) is 0.438. The first-order chi connectivity index (χ1) is 9.69. The van der Waals surface area contributed by atoms with Crippen LogP contribution in [0.3, 0.4) is 0 Å². The fourth-order valence-electron chi connectivity index (χ4n) is 1.59. The summed E-state index contributed by atoms with van der Waals surface area (Å²) in [6, 6.07) is 2.99. The molecule has 0 aliphatic heterocycles. The molecule has 0 fully saturated rings. The van der Waals surface area contributed by atoms with E-state index in [2.05, 4.69) is 5.32 Å². The van der Waals surface area contributed by atoms with Gasteiger partial charge in [0, 0.05) is 17.1 Å². The summed E-state index contributed by atoms with van der Waals surface area (Å²) in [5.41, 5.74) is 0.794. The second kappa shape index (κ2) is 7.46. The van der Waals surface area contributed by atoms with Crippen molar-refractivity contribution in [2.45, 2.75) is 39.7 Å². The molecule has 0 aliphatic carbocycles. The molecule has 0 radical (unpaired) electrons. The van der Waals surface area contributed by atoms with Crippen LogP contribution < -0.4 is 5.32 Å². The van der Waals surface area contributed by atoms with Crippen molar-refractivity contribution in [2.75, 3.05) is 6.54 Å². The Morgan fingerprint density at radius 2 is 2.10 bits per heavy atom. The molecule has 0 atom stereocenters. The van der Waals surface area contributed by atoms with Crippen molar-refractivity contribution < 1.29 is 13.9 Å². The van der Waals surface area contributed by atoms with Crippen molar-refractivity contribution in [3.8, 4) is 0 Å². The van der Waals surface area contributed by atoms with Crippen LogP contribution in [0.1, 0.15) is 38.3 Å². The van der Waals surface area contributed by atoms with Crippen LogP contribution in [0.4, 0.5) is 9.18 Å². The maximum atomic E-state index is 13.6. The van der Waals surface area contributed by atoms with E-state index in [1.807, 2.05) is 6.92 Å². The van der Waals surface area contributed by atoms with Crippen LogP contribution in [0.15, 0.2) is 18.2 Å². The Hall–Kier alpha value is -1.55. The van der Waals surface area contributed by atoms with Gasteiger partial charge in [-0.05, 0) is 51.8 Å². The van der Waals surface area contributed by atoms with Gasteiger partial charge in [-0.1, -0.05) is 23.8 Å². The maximum Gasteiger partial charge on any atom is 0.407 e. The molecule has 0 unspecified atom stereocenters. The molecular formula is C16H21ClFNO2. The minimum atomic E-state index is -0.510. The molecule has 1 rings (SSSR count). The number of benzene rings is 1. The Morgan fingerprint density at radius 3 is 2.71 bits per heavy atom. The third-order valence-electron chi connectivity index (χ3n) is 2.55. The lowest BCUT2D eigenvalue weighted by Crippen LogP contribution is -2.32. The number of aryl methyl sites for hydroxylation is 1. The van der Waals surface area contributed by atoms with Crippen molar-refractivity contribution in [3.05, 3.63) is 40.2 Å². The van der Waals surface area contributed by atoms with Crippen molar-refractivity contribution in [3.63, 3.8) is 0 Å². The number of carbonyl (C=O) groups is 1. The van der Waals surface area contributed by atoms with E-state index >= 15 is 0 Å². The summed E-state index contributed by atoms with van der Waals surface area (Å²) in [5.74, 6) is -0.359. The van der Waals surface area contributed by atoms with Crippen LogP contribution in [-0.4, -0.2) is 18.2 Å². The van der Waals surface area contributed by atoms with Crippen molar-refractivity contribution in [2.24, 2.45) is 0 Å². The Balaban J connectivity index is 2.43. The maximum absolute atomic E-state index is 13.6. The lowest BCUT2D eigenvalue weighted by molar-refractivity contribution is 0.0529. The first-order valence-corrected chi connectivity index (χ1v) is 7.16. The number of rotatable bonds is 4. The molecule has 0 spiro atoms. The zero-order chi connectivity index (χ0) is 16.0. The number of hydrogen-bond donors (Lipinski definition) is 1. The summed E-state index contributed by atoms with van der Waals surface area (Å²) < 4.78 is 18.7. The largest absolute Gasteiger partial charge is 0.444 e. The van der Waals surface area contributed by atoms with Gasteiger partial charge in [0.2, 0.25) is 0 Å². The van der Waals surface area contributed by atoms with E-state index in [1.54, 1.807) is 39.0 Å². The predicted molar refractivity (Wildman–Crippen MR) is 84.0 cm³/mol. The molecule has 3 nitrogen and oxygen atoms in total. The molecule has 1 N–H and O–H groups in total. The second-order valence-electron chi connectivity index (χ2n) is 5.74. The Morgan fingerprint density at radius 1 is 1.43 bits per heavy atom. The van der Waals surface area contributed by atoms with E-state index in [0.717, 1.165) is 5.56 Å².